The Morgan fingerprint density at radius 2 is 1.44 bits per heavy atom. The summed E-state index contributed by atoms with van der Waals surface area (Å²) in [5, 5.41) is 0. The van der Waals surface area contributed by atoms with E-state index >= 15 is 0 Å². The number of rotatable bonds is 2. The van der Waals surface area contributed by atoms with Gasteiger partial charge in [-0.05, 0) is 0 Å². The van der Waals surface area contributed by atoms with Crippen molar-refractivity contribution in [2.24, 2.45) is 0 Å². The van der Waals surface area contributed by atoms with Gasteiger partial charge < -0.3 is 4.55 Å². The first-order valence-electron chi connectivity index (χ1n) is 4.23. The first-order valence-corrected chi connectivity index (χ1v) is 18.4. The molecule has 0 aromatic carbocycles. The average Bonchev–Trinajstić information content (AvgIpc) is 1.74. The summed E-state index contributed by atoms with van der Waals surface area (Å²) in [7, 11) is -5.38. The number of halogens is 3. The van der Waals surface area contributed by atoms with Gasteiger partial charge in [0.25, 0.3) is 0 Å². The van der Waals surface area contributed by atoms with E-state index in [1.54, 1.807) is 3.77 Å². The van der Waals surface area contributed by atoms with Crippen molar-refractivity contribution in [3.63, 3.8) is 0 Å². The van der Waals surface area contributed by atoms with Crippen LogP contribution in [0.3, 0.4) is 0 Å². The summed E-state index contributed by atoms with van der Waals surface area (Å²) in [6.45, 7) is 0. The van der Waals surface area contributed by atoms with Crippen LogP contribution < -0.4 is 0 Å². The van der Waals surface area contributed by atoms with Crippen LogP contribution >= 0.6 is 0 Å². The third-order valence-electron chi connectivity index (χ3n) is 1.01. The molecule has 0 fully saturated rings. The molecule has 16 heavy (non-hydrogen) atoms. The third-order valence-corrected chi connectivity index (χ3v) is 15.4. The molecule has 100 valence electrons. The molecule has 0 rings (SSSR count). The van der Waals surface area contributed by atoms with Gasteiger partial charge in [0.15, 0.2) is 10.1 Å². The fourth-order valence-corrected chi connectivity index (χ4v) is 17.4. The molecule has 0 aromatic heterocycles. The fourth-order valence-electron chi connectivity index (χ4n) is 0.866. The summed E-state index contributed by atoms with van der Waals surface area (Å²) in [5.41, 5.74) is -5.65. The molecule has 0 aromatic rings. The van der Waals surface area contributed by atoms with Crippen LogP contribution in [-0.4, -0.2) is 53.1 Å². The molecule has 0 aliphatic heterocycles. The minimum atomic E-state index is -6.09. The first kappa shape index (κ1) is 19.2. The Kier molecular flexibility index (Phi) is 8.03. The van der Waals surface area contributed by atoms with Gasteiger partial charge in [-0.3, -0.25) is 0 Å². The molecule has 0 amide bonds. The molecule has 0 spiro atoms. The third kappa shape index (κ3) is 12.9. The van der Waals surface area contributed by atoms with Crippen LogP contribution in [0.5, 0.6) is 0 Å². The second kappa shape index (κ2) is 6.69. The molecular weight excluding hydrogens is 372 g/mol. The van der Waals surface area contributed by atoms with Crippen molar-refractivity contribution < 1.29 is 26.1 Å². The van der Waals surface area contributed by atoms with Crippen molar-refractivity contribution in [2.45, 2.75) is 20.3 Å². The maximum Gasteiger partial charge on any atom is 0.485 e. The van der Waals surface area contributed by atoms with E-state index in [-0.39, 0.29) is 0 Å². The van der Waals surface area contributed by atoms with Crippen molar-refractivity contribution in [2.75, 3.05) is 16.3 Å². The Bertz CT molecular complexity index is 293. The first-order chi connectivity index (χ1) is 6.67. The van der Waals surface area contributed by atoms with E-state index < -0.39 is 34.0 Å². The normalized spacial score (nSPS) is 13.4. The maximum absolute atomic E-state index is 10.7. The summed E-state index contributed by atoms with van der Waals surface area (Å²) in [6, 6.07) is 0. The minimum absolute atomic E-state index is 0.708. The van der Waals surface area contributed by atoms with Crippen LogP contribution in [0.1, 0.15) is 0 Å². The summed E-state index contributed by atoms with van der Waals surface area (Å²) < 4.78 is 60.5. The van der Waals surface area contributed by atoms with E-state index in [9.17, 15) is 13.2 Å². The van der Waals surface area contributed by atoms with Crippen LogP contribution in [0.25, 0.3) is 0 Å². The summed E-state index contributed by atoms with van der Waals surface area (Å²) in [5.74, 6) is 0. The monoisotopic (exact) mass is 390 g/mol. The molecule has 0 unspecified atom stereocenters. The zero-order valence-corrected chi connectivity index (χ0v) is 14.4. The van der Waals surface area contributed by atoms with E-state index in [1.165, 1.54) is 0 Å². The Hall–Kier alpha value is 0.849. The van der Waals surface area contributed by atoms with Gasteiger partial charge in [-0.1, -0.05) is 0 Å². The molecule has 0 bridgehead atoms. The van der Waals surface area contributed by atoms with Gasteiger partial charge in [0, 0.05) is 0 Å². The van der Waals surface area contributed by atoms with Gasteiger partial charge >= 0.3 is 65.9 Å². The molecule has 0 atom stereocenters. The molecule has 0 aliphatic rings. The summed E-state index contributed by atoms with van der Waals surface area (Å²) in [4.78, 5) is 7.50. The zero-order chi connectivity index (χ0) is 13.8. The molecular formula is C7H17F3O3S2Sn. The fraction of sp³-hybridized carbons (Fsp3) is 1.00. The van der Waals surface area contributed by atoms with Crippen molar-refractivity contribution in [1.29, 1.82) is 0 Å². The zero-order valence-electron chi connectivity index (χ0n) is 9.88. The SMILES string of the molecule is C[S+](C)[CH2][Sn]([CH3])([CH3])[CH3].O=S(=O)([O-])C(F)(F)F. The molecule has 0 radical (unpaired) electrons. The van der Waals surface area contributed by atoms with Crippen LogP contribution in [0, 0.1) is 0 Å². The van der Waals surface area contributed by atoms with Crippen molar-refractivity contribution >= 4 is 39.4 Å². The van der Waals surface area contributed by atoms with E-state index in [4.69, 9.17) is 13.0 Å². The molecule has 3 nitrogen and oxygen atoms in total. The maximum atomic E-state index is 10.7. The van der Waals surface area contributed by atoms with E-state index in [0.29, 0.717) is 10.9 Å². The smallest absolute Gasteiger partial charge is 0.485 e. The van der Waals surface area contributed by atoms with E-state index in [2.05, 4.69) is 27.3 Å². The largest absolute Gasteiger partial charge is 0.741 e. The quantitative estimate of drug-likeness (QED) is 0.313. The van der Waals surface area contributed by atoms with Crippen LogP contribution in [-0.2, 0) is 21.0 Å². The topological polar surface area (TPSA) is 57.2 Å². The predicted molar refractivity (Wildman–Crippen MR) is 63.2 cm³/mol. The molecule has 0 heterocycles. The van der Waals surface area contributed by atoms with Gasteiger partial charge in [0.1, 0.15) is 0 Å². The number of hydrogen-bond acceptors (Lipinski definition) is 3. The summed E-state index contributed by atoms with van der Waals surface area (Å²) in [6.07, 6.45) is 4.70. The van der Waals surface area contributed by atoms with Crippen molar-refractivity contribution in [1.82, 2.24) is 0 Å². The van der Waals surface area contributed by atoms with E-state index in [1.807, 2.05) is 0 Å². The molecule has 0 saturated carbocycles. The van der Waals surface area contributed by atoms with Crippen LogP contribution in [0.2, 0.25) is 14.8 Å². The Labute approximate surface area is 102 Å². The van der Waals surface area contributed by atoms with Gasteiger partial charge in [-0.15, -0.1) is 0 Å². The average molecular weight is 389 g/mol. The summed E-state index contributed by atoms with van der Waals surface area (Å²) >= 11 is -1.34. The molecule has 0 saturated heterocycles. The standard InChI is InChI=1S/C3H8S.CHF3O3S.3CH3.Sn/c1-4(2)3;2-1(3,4)8(5,6)7;;;;/h1H2,2-3H3;(H,5,6,7);3*1H3;/q+1;;;;;/p-1. The number of alkyl halides is 3. The van der Waals surface area contributed by atoms with Gasteiger partial charge in [-0.2, -0.15) is 13.2 Å². The second-order valence-corrected chi connectivity index (χ2v) is 25.3. The minimum Gasteiger partial charge on any atom is -0.741 e. The van der Waals surface area contributed by atoms with Gasteiger partial charge in [0.05, 0.1) is 0 Å². The molecule has 9 heteroatoms. The predicted octanol–water partition coefficient (Wildman–Crippen LogP) is 1.79. The van der Waals surface area contributed by atoms with Crippen LogP contribution in [0.4, 0.5) is 13.2 Å². The Balaban J connectivity index is 0. The number of hydrogen-bond donors (Lipinski definition) is 0. The molecule has 0 aliphatic carbocycles. The molecule has 0 N–H and O–H groups in total. The second-order valence-electron chi connectivity index (χ2n) is 4.59. The van der Waals surface area contributed by atoms with Gasteiger partial charge in [-0.25, -0.2) is 8.42 Å². The Morgan fingerprint density at radius 1 is 1.19 bits per heavy atom. The van der Waals surface area contributed by atoms with Crippen molar-refractivity contribution in [3.05, 3.63) is 0 Å². The van der Waals surface area contributed by atoms with E-state index in [0.717, 1.165) is 0 Å². The van der Waals surface area contributed by atoms with Gasteiger partial charge in [0.2, 0.25) is 0 Å². The van der Waals surface area contributed by atoms with Crippen LogP contribution in [0.15, 0.2) is 0 Å². The Morgan fingerprint density at radius 3 is 1.44 bits per heavy atom. The van der Waals surface area contributed by atoms with Crippen molar-refractivity contribution in [3.8, 4) is 0 Å².